The van der Waals surface area contributed by atoms with Crippen LogP contribution in [0.25, 0.3) is 5.53 Å². The van der Waals surface area contributed by atoms with Gasteiger partial charge in [-0.1, -0.05) is 23.2 Å². The molecule has 1 aromatic carbocycles. The highest BCUT2D eigenvalue weighted by molar-refractivity contribution is 6.35. The van der Waals surface area contributed by atoms with Crippen LogP contribution in [-0.4, -0.2) is 11.0 Å². The van der Waals surface area contributed by atoms with E-state index in [0.717, 1.165) is 0 Å². The molecule has 0 unspecified atom stereocenters. The minimum atomic E-state index is 0.521. The molecule has 0 aliphatic rings. The van der Waals surface area contributed by atoms with Crippen molar-refractivity contribution in [3.05, 3.63) is 39.3 Å². The molecular weight excluding hydrogens is 183 g/mol. The van der Waals surface area contributed by atoms with E-state index in [2.05, 4.69) is 4.79 Å². The van der Waals surface area contributed by atoms with Gasteiger partial charge >= 0.3 is 0 Å². The fourth-order valence-electron chi connectivity index (χ4n) is 0.716. The first-order valence-electron chi connectivity index (χ1n) is 2.86. The fraction of sp³-hybridized carbons (Fsp3) is 0. The van der Waals surface area contributed by atoms with Crippen molar-refractivity contribution in [2.45, 2.75) is 0 Å². The molecule has 0 amide bonds. The highest BCUT2D eigenvalue weighted by Crippen LogP contribution is 2.17. The van der Waals surface area contributed by atoms with Crippen LogP contribution in [0.1, 0.15) is 5.56 Å². The van der Waals surface area contributed by atoms with Crippen LogP contribution < -0.4 is 0 Å². The van der Waals surface area contributed by atoms with Gasteiger partial charge in [-0.05, 0) is 18.2 Å². The molecule has 0 fully saturated rings. The second-order valence-corrected chi connectivity index (χ2v) is 2.82. The van der Waals surface area contributed by atoms with E-state index in [4.69, 9.17) is 28.7 Å². The van der Waals surface area contributed by atoms with E-state index in [0.29, 0.717) is 15.6 Å². The lowest BCUT2D eigenvalue weighted by atomic mass is 10.2. The summed E-state index contributed by atoms with van der Waals surface area (Å²) in [6, 6.07) is 4.90. The molecule has 1 rings (SSSR count). The molecule has 2 nitrogen and oxygen atoms in total. The van der Waals surface area contributed by atoms with Gasteiger partial charge in [0.15, 0.2) is 0 Å². The highest BCUT2D eigenvalue weighted by Gasteiger charge is 1.97. The van der Waals surface area contributed by atoms with Gasteiger partial charge in [0.1, 0.15) is 0 Å². The molecule has 0 bridgehead atoms. The zero-order valence-corrected chi connectivity index (χ0v) is 6.97. The summed E-state index contributed by atoms with van der Waals surface area (Å²) >= 11 is 11.3. The summed E-state index contributed by atoms with van der Waals surface area (Å²) in [7, 11) is 0. The molecule has 0 heterocycles. The molecule has 0 aromatic heterocycles. The van der Waals surface area contributed by atoms with Crippen molar-refractivity contribution >= 4 is 29.4 Å². The third-order valence-corrected chi connectivity index (χ3v) is 1.53. The van der Waals surface area contributed by atoms with Crippen LogP contribution in [0, 0.1) is 0 Å². The molecule has 0 atom stereocenters. The first-order valence-corrected chi connectivity index (χ1v) is 3.61. The van der Waals surface area contributed by atoms with Crippen molar-refractivity contribution in [1.82, 2.24) is 0 Å². The molecule has 0 radical (unpaired) electrons. The molecule has 0 aliphatic carbocycles. The lowest BCUT2D eigenvalue weighted by Gasteiger charge is -1.91. The van der Waals surface area contributed by atoms with Gasteiger partial charge in [0.05, 0.1) is 5.56 Å². The van der Waals surface area contributed by atoms with Crippen molar-refractivity contribution in [2.24, 2.45) is 0 Å². The molecule has 4 heteroatoms. The molecule has 56 valence electrons. The summed E-state index contributed by atoms with van der Waals surface area (Å²) in [5.41, 5.74) is 8.86. The molecule has 0 spiro atoms. The van der Waals surface area contributed by atoms with E-state index >= 15 is 0 Å². The normalized spacial score (nSPS) is 8.91. The standard InChI is InChI=1S/C7H4Cl2N2/c8-6-1-5(4-11-10)2-7(9)3-6/h1-4H. The second kappa shape index (κ2) is 3.54. The number of rotatable bonds is 1. The molecule has 0 saturated carbocycles. The third-order valence-electron chi connectivity index (χ3n) is 1.09. The van der Waals surface area contributed by atoms with Gasteiger partial charge in [-0.2, -0.15) is 4.79 Å². The molecule has 0 aliphatic heterocycles. The lowest BCUT2D eigenvalue weighted by molar-refractivity contribution is 0.00456. The van der Waals surface area contributed by atoms with Crippen LogP contribution in [-0.2, 0) is 0 Å². The quantitative estimate of drug-likeness (QED) is 0.368. The van der Waals surface area contributed by atoms with E-state index in [9.17, 15) is 0 Å². The minimum Gasteiger partial charge on any atom is -0.361 e. The number of nitrogens with zero attached hydrogens (tertiary/aromatic N) is 2. The predicted octanol–water partition coefficient (Wildman–Crippen LogP) is 2.64. The highest BCUT2D eigenvalue weighted by atomic mass is 35.5. The Bertz CT molecular complexity index is 296. The minimum absolute atomic E-state index is 0.521. The Hall–Kier alpha value is -0.820. The molecule has 11 heavy (non-hydrogen) atoms. The maximum atomic E-state index is 8.18. The average Bonchev–Trinajstić information content (AvgIpc) is 1.85. The van der Waals surface area contributed by atoms with Gasteiger partial charge in [-0.3, -0.25) is 0 Å². The largest absolute Gasteiger partial charge is 0.361 e. The van der Waals surface area contributed by atoms with Crippen molar-refractivity contribution in [3.8, 4) is 0 Å². The van der Waals surface area contributed by atoms with Gasteiger partial charge in [-0.25, -0.2) is 0 Å². The first kappa shape index (κ1) is 8.28. The van der Waals surface area contributed by atoms with Gasteiger partial charge in [0, 0.05) is 10.0 Å². The molecule has 1 aromatic rings. The van der Waals surface area contributed by atoms with Crippen LogP contribution in [0.15, 0.2) is 18.2 Å². The predicted molar refractivity (Wildman–Crippen MR) is 45.2 cm³/mol. The zero-order valence-electron chi connectivity index (χ0n) is 5.46. The van der Waals surface area contributed by atoms with E-state index in [-0.39, 0.29) is 0 Å². The van der Waals surface area contributed by atoms with E-state index in [1.54, 1.807) is 18.2 Å². The maximum absolute atomic E-state index is 8.18. The second-order valence-electron chi connectivity index (χ2n) is 1.95. The van der Waals surface area contributed by atoms with E-state index in [1.165, 1.54) is 6.21 Å². The smallest absolute Gasteiger partial charge is 0.287 e. The summed E-state index contributed by atoms with van der Waals surface area (Å²) in [6.07, 6.45) is 1.26. The van der Waals surface area contributed by atoms with E-state index in [1.807, 2.05) is 0 Å². The van der Waals surface area contributed by atoms with Crippen LogP contribution >= 0.6 is 23.2 Å². The van der Waals surface area contributed by atoms with E-state index < -0.39 is 0 Å². The number of hydrogen-bond acceptors (Lipinski definition) is 0. The third kappa shape index (κ3) is 2.35. The van der Waals surface area contributed by atoms with Crippen LogP contribution in [0.4, 0.5) is 0 Å². The summed E-state index contributed by atoms with van der Waals surface area (Å²) in [5.74, 6) is 0. The Morgan fingerprint density at radius 3 is 2.18 bits per heavy atom. The Morgan fingerprint density at radius 2 is 1.73 bits per heavy atom. The first-order chi connectivity index (χ1) is 5.22. The molecule has 0 saturated heterocycles. The maximum Gasteiger partial charge on any atom is 0.287 e. The zero-order chi connectivity index (χ0) is 8.27. The molecular formula is C7H4Cl2N2. The summed E-state index contributed by atoms with van der Waals surface area (Å²) in [5, 5.41) is 1.04. The fourth-order valence-corrected chi connectivity index (χ4v) is 1.26. The number of benzene rings is 1. The average molecular weight is 187 g/mol. The van der Waals surface area contributed by atoms with Crippen LogP contribution in [0.3, 0.4) is 0 Å². The summed E-state index contributed by atoms with van der Waals surface area (Å²) in [4.78, 5) is 2.85. The summed E-state index contributed by atoms with van der Waals surface area (Å²) < 4.78 is 0. The van der Waals surface area contributed by atoms with Crippen molar-refractivity contribution in [3.63, 3.8) is 0 Å². The Balaban J connectivity index is 3.18. The molecule has 0 N–H and O–H groups in total. The van der Waals surface area contributed by atoms with Gasteiger partial charge in [0.2, 0.25) is 0 Å². The SMILES string of the molecule is [N-]=[N+]=Cc1cc(Cl)cc(Cl)c1. The van der Waals surface area contributed by atoms with Crippen molar-refractivity contribution in [2.75, 3.05) is 0 Å². The topological polar surface area (TPSA) is 36.4 Å². The van der Waals surface area contributed by atoms with Crippen LogP contribution in [0.2, 0.25) is 10.0 Å². The van der Waals surface area contributed by atoms with Gasteiger partial charge in [0.25, 0.3) is 6.21 Å². The summed E-state index contributed by atoms with van der Waals surface area (Å²) in [6.45, 7) is 0. The number of hydrogen-bond donors (Lipinski definition) is 0. The van der Waals surface area contributed by atoms with Crippen molar-refractivity contribution < 1.29 is 4.79 Å². The monoisotopic (exact) mass is 186 g/mol. The Kier molecular flexibility index (Phi) is 2.66. The van der Waals surface area contributed by atoms with Crippen LogP contribution in [0.5, 0.6) is 0 Å². The van der Waals surface area contributed by atoms with Gasteiger partial charge in [-0.15, -0.1) is 0 Å². The van der Waals surface area contributed by atoms with Gasteiger partial charge < -0.3 is 5.53 Å². The van der Waals surface area contributed by atoms with Crippen molar-refractivity contribution in [1.29, 1.82) is 0 Å². The Labute approximate surface area is 74.0 Å². The lowest BCUT2D eigenvalue weighted by Crippen LogP contribution is -1.80. The number of halogens is 2. The Morgan fingerprint density at radius 1 is 1.18 bits per heavy atom.